The van der Waals surface area contributed by atoms with Crippen molar-refractivity contribution in [3.05, 3.63) is 21.1 Å². The highest BCUT2D eigenvalue weighted by atomic mass is 79.9. The van der Waals surface area contributed by atoms with Crippen molar-refractivity contribution in [2.75, 3.05) is 20.8 Å². The van der Waals surface area contributed by atoms with Crippen LogP contribution >= 0.6 is 31.9 Å². The van der Waals surface area contributed by atoms with Crippen LogP contribution in [-0.4, -0.2) is 39.0 Å². The number of nitrogens with one attached hydrogen (secondary N) is 1. The second kappa shape index (κ2) is 7.81. The van der Waals surface area contributed by atoms with Crippen LogP contribution in [0.5, 0.6) is 11.5 Å². The van der Waals surface area contributed by atoms with E-state index in [1.807, 2.05) is 19.2 Å². The summed E-state index contributed by atoms with van der Waals surface area (Å²) in [7, 11) is 3.61. The van der Waals surface area contributed by atoms with Crippen molar-refractivity contribution >= 4 is 31.9 Å². The van der Waals surface area contributed by atoms with Gasteiger partial charge in [0.05, 0.1) is 16.1 Å². The maximum absolute atomic E-state index is 6.11. The van der Waals surface area contributed by atoms with Crippen LogP contribution in [0.2, 0.25) is 0 Å². The molecule has 0 saturated heterocycles. The van der Waals surface area contributed by atoms with Crippen molar-refractivity contribution in [3.8, 4) is 11.5 Å². The van der Waals surface area contributed by atoms with Crippen molar-refractivity contribution in [1.82, 2.24) is 5.32 Å². The van der Waals surface area contributed by atoms with Crippen molar-refractivity contribution in [2.24, 2.45) is 0 Å². The molecule has 3 unspecified atom stereocenters. The number of hydrogen-bond donors (Lipinski definition) is 1. The van der Waals surface area contributed by atoms with E-state index < -0.39 is 0 Å². The lowest BCUT2D eigenvalue weighted by atomic mass is 9.85. The maximum atomic E-state index is 6.11. The minimum absolute atomic E-state index is 0.0746. The Morgan fingerprint density at radius 3 is 2.52 bits per heavy atom. The Balaban J connectivity index is 2.05. The lowest BCUT2D eigenvalue weighted by Crippen LogP contribution is -2.60. The van der Waals surface area contributed by atoms with Gasteiger partial charge in [-0.15, -0.1) is 0 Å². The summed E-state index contributed by atoms with van der Waals surface area (Å²) >= 11 is 7.01. The van der Waals surface area contributed by atoms with Crippen LogP contribution in [0, 0.1) is 0 Å². The van der Waals surface area contributed by atoms with Gasteiger partial charge in [-0.2, -0.15) is 0 Å². The zero-order chi connectivity index (χ0) is 15.4. The molecule has 1 aliphatic rings. The fourth-order valence-electron chi connectivity index (χ4n) is 2.38. The number of methoxy groups -OCH3 is 1. The monoisotopic (exact) mass is 421 g/mol. The van der Waals surface area contributed by atoms with E-state index in [0.717, 1.165) is 39.9 Å². The smallest absolute Gasteiger partial charge is 0.135 e. The van der Waals surface area contributed by atoms with Gasteiger partial charge in [0.1, 0.15) is 23.7 Å². The predicted octanol–water partition coefficient (Wildman–Crippen LogP) is 3.75. The number of hydrogen-bond acceptors (Lipinski definition) is 4. The van der Waals surface area contributed by atoms with E-state index in [0.29, 0.717) is 6.04 Å². The van der Waals surface area contributed by atoms with E-state index in [4.69, 9.17) is 14.2 Å². The number of benzene rings is 1. The van der Waals surface area contributed by atoms with Crippen molar-refractivity contribution < 1.29 is 14.2 Å². The molecule has 1 aromatic rings. The normalized spacial score (nSPS) is 24.5. The quantitative estimate of drug-likeness (QED) is 0.726. The van der Waals surface area contributed by atoms with E-state index in [1.165, 1.54) is 0 Å². The first kappa shape index (κ1) is 17.1. The molecule has 0 aromatic heterocycles. The molecule has 1 N–H and O–H groups in total. The minimum atomic E-state index is 0.0746. The first-order valence-electron chi connectivity index (χ1n) is 7.09. The summed E-state index contributed by atoms with van der Waals surface area (Å²) < 4.78 is 19.0. The highest BCUT2D eigenvalue weighted by Gasteiger charge is 2.43. The summed E-state index contributed by atoms with van der Waals surface area (Å²) in [6.45, 7) is 2.87. The molecule has 1 fully saturated rings. The molecule has 4 nitrogen and oxygen atoms in total. The summed E-state index contributed by atoms with van der Waals surface area (Å²) in [6.07, 6.45) is 2.13. The highest BCUT2D eigenvalue weighted by molar-refractivity contribution is 9.11. The summed E-state index contributed by atoms with van der Waals surface area (Å²) in [6, 6.07) is 4.18. The summed E-state index contributed by atoms with van der Waals surface area (Å²) in [5.74, 6) is 1.57. The maximum Gasteiger partial charge on any atom is 0.135 e. The molecular weight excluding hydrogens is 402 g/mol. The van der Waals surface area contributed by atoms with E-state index in [-0.39, 0.29) is 12.2 Å². The average Bonchev–Trinajstić information content (AvgIpc) is 2.46. The fourth-order valence-corrected chi connectivity index (χ4v) is 3.28. The van der Waals surface area contributed by atoms with Crippen LogP contribution in [0.25, 0.3) is 0 Å². The summed E-state index contributed by atoms with van der Waals surface area (Å²) in [4.78, 5) is 0. The molecule has 1 saturated carbocycles. The molecule has 2 rings (SSSR count). The summed E-state index contributed by atoms with van der Waals surface area (Å²) in [5.41, 5.74) is 0. The molecule has 0 aliphatic heterocycles. The highest BCUT2D eigenvalue weighted by Crippen LogP contribution is 2.38. The molecular formula is C15H21Br2NO3. The molecule has 6 heteroatoms. The van der Waals surface area contributed by atoms with E-state index in [1.54, 1.807) is 7.11 Å². The molecule has 1 aromatic carbocycles. The Labute approximate surface area is 142 Å². The topological polar surface area (TPSA) is 39.7 Å². The van der Waals surface area contributed by atoms with Crippen LogP contribution in [0.3, 0.4) is 0 Å². The van der Waals surface area contributed by atoms with Crippen molar-refractivity contribution in [3.63, 3.8) is 0 Å². The Hall–Kier alpha value is -0.300. The number of rotatable bonds is 7. The van der Waals surface area contributed by atoms with E-state index in [2.05, 4.69) is 44.1 Å². The van der Waals surface area contributed by atoms with Crippen LogP contribution < -0.4 is 14.8 Å². The Kier molecular flexibility index (Phi) is 6.34. The first-order valence-corrected chi connectivity index (χ1v) is 8.67. The molecule has 0 radical (unpaired) electrons. The van der Waals surface area contributed by atoms with E-state index >= 15 is 0 Å². The zero-order valence-electron chi connectivity index (χ0n) is 12.5. The third-order valence-electron chi connectivity index (χ3n) is 3.62. The standard InChI is InChI=1S/C15H21Br2NO3/c1-4-5-20-15-11(18-2)8-14(15)21-13-7-9(16)12(19-3)6-10(13)17/h6-7,11,14-15,18H,4-5,8H2,1-3H3. The van der Waals surface area contributed by atoms with Crippen molar-refractivity contribution in [2.45, 2.75) is 38.0 Å². The third kappa shape index (κ3) is 3.92. The Morgan fingerprint density at radius 2 is 1.90 bits per heavy atom. The first-order chi connectivity index (χ1) is 10.1. The van der Waals surface area contributed by atoms with E-state index in [9.17, 15) is 0 Å². The van der Waals surface area contributed by atoms with Gasteiger partial charge in [0.25, 0.3) is 0 Å². The molecule has 0 heterocycles. The predicted molar refractivity (Wildman–Crippen MR) is 90.3 cm³/mol. The van der Waals surface area contributed by atoms with Gasteiger partial charge < -0.3 is 19.5 Å². The molecule has 0 spiro atoms. The number of ether oxygens (including phenoxy) is 3. The number of halogens is 2. The summed E-state index contributed by atoms with van der Waals surface area (Å²) in [5, 5.41) is 3.27. The minimum Gasteiger partial charge on any atom is -0.496 e. The molecule has 0 amide bonds. The van der Waals surface area contributed by atoms with Gasteiger partial charge in [-0.05, 0) is 57.5 Å². The SMILES string of the molecule is CCCOC1C(NC)CC1Oc1cc(Br)c(OC)cc1Br. The van der Waals surface area contributed by atoms with Gasteiger partial charge in [0, 0.05) is 19.1 Å². The number of likely N-dealkylation sites (N-methyl/N-ethyl adjacent to an activating group) is 1. The molecule has 0 bridgehead atoms. The lowest BCUT2D eigenvalue weighted by molar-refractivity contribution is -0.106. The fraction of sp³-hybridized carbons (Fsp3) is 0.600. The van der Waals surface area contributed by atoms with Crippen LogP contribution in [0.4, 0.5) is 0 Å². The lowest BCUT2D eigenvalue weighted by Gasteiger charge is -2.43. The van der Waals surface area contributed by atoms with Gasteiger partial charge in [0.15, 0.2) is 0 Å². The third-order valence-corrected chi connectivity index (χ3v) is 4.86. The van der Waals surface area contributed by atoms with Gasteiger partial charge in [-0.25, -0.2) is 0 Å². The Morgan fingerprint density at radius 1 is 1.24 bits per heavy atom. The van der Waals surface area contributed by atoms with Gasteiger partial charge >= 0.3 is 0 Å². The van der Waals surface area contributed by atoms with Crippen LogP contribution in [-0.2, 0) is 4.74 Å². The van der Waals surface area contributed by atoms with Crippen molar-refractivity contribution in [1.29, 1.82) is 0 Å². The largest absolute Gasteiger partial charge is 0.496 e. The van der Waals surface area contributed by atoms with Gasteiger partial charge in [0.2, 0.25) is 0 Å². The second-order valence-corrected chi connectivity index (χ2v) is 6.75. The molecule has 21 heavy (non-hydrogen) atoms. The second-order valence-electron chi connectivity index (χ2n) is 5.04. The zero-order valence-corrected chi connectivity index (χ0v) is 15.7. The average molecular weight is 423 g/mol. The van der Waals surface area contributed by atoms with Crippen LogP contribution in [0.1, 0.15) is 19.8 Å². The van der Waals surface area contributed by atoms with Gasteiger partial charge in [-0.3, -0.25) is 0 Å². The van der Waals surface area contributed by atoms with Gasteiger partial charge in [-0.1, -0.05) is 6.92 Å². The molecule has 118 valence electrons. The molecule has 3 atom stereocenters. The Bertz CT molecular complexity index is 484. The van der Waals surface area contributed by atoms with Crippen LogP contribution in [0.15, 0.2) is 21.1 Å². The molecule has 1 aliphatic carbocycles.